The Labute approximate surface area is 266 Å². The molecule has 3 amide bonds. The second-order valence-electron chi connectivity index (χ2n) is 12.2. The topological polar surface area (TPSA) is 203 Å². The van der Waals surface area contributed by atoms with Crippen molar-refractivity contribution < 1.29 is 33.8 Å². The van der Waals surface area contributed by atoms with Gasteiger partial charge in [-0.25, -0.2) is 0 Å². The lowest BCUT2D eigenvalue weighted by Gasteiger charge is -2.37. The minimum absolute atomic E-state index is 0.0268. The predicted molar refractivity (Wildman–Crippen MR) is 172 cm³/mol. The van der Waals surface area contributed by atoms with Crippen molar-refractivity contribution in [3.63, 3.8) is 0 Å². The zero-order chi connectivity index (χ0) is 33.0. The first-order valence-electron chi connectivity index (χ1n) is 14.4. The molecule has 0 aromatic carbocycles. The molecule has 0 aromatic rings. The molecule has 0 aromatic heterocycles. The molecule has 0 saturated heterocycles. The lowest BCUT2D eigenvalue weighted by atomic mass is 9.92. The van der Waals surface area contributed by atoms with E-state index in [2.05, 4.69) is 16.0 Å². The molecule has 1 aliphatic rings. The molecule has 12 nitrogen and oxygen atoms in total. The Balaban J connectivity index is 2.73. The Bertz CT molecular complexity index is 974. The minimum atomic E-state index is -1.07. The molecule has 0 aliphatic heterocycles. The van der Waals surface area contributed by atoms with E-state index in [1.165, 1.54) is 23.5 Å². The molecule has 8 N–H and O–H groups in total. The van der Waals surface area contributed by atoms with E-state index in [4.69, 9.17) is 31.9 Å². The number of hydrogen-bond acceptors (Lipinski definition) is 11. The summed E-state index contributed by atoms with van der Waals surface area (Å²) in [6.07, 6.45) is 2.11. The fourth-order valence-electron chi connectivity index (χ4n) is 3.73. The summed E-state index contributed by atoms with van der Waals surface area (Å²) in [5.74, 6) is -0.769. The van der Waals surface area contributed by atoms with Crippen molar-refractivity contribution in [1.29, 1.82) is 0 Å². The van der Waals surface area contributed by atoms with Crippen LogP contribution in [0, 0.1) is 11.3 Å². The van der Waals surface area contributed by atoms with Crippen LogP contribution >= 0.6 is 23.5 Å². The summed E-state index contributed by atoms with van der Waals surface area (Å²) < 4.78 is 5.87. The van der Waals surface area contributed by atoms with E-state index < -0.39 is 58.4 Å². The lowest BCUT2D eigenvalue weighted by Crippen LogP contribution is -2.54. The number of aliphatic hydroxyl groups is 1. The first kappa shape index (κ1) is 39.4. The summed E-state index contributed by atoms with van der Waals surface area (Å²) in [6, 6.07) is -1.75. The summed E-state index contributed by atoms with van der Waals surface area (Å²) in [5, 5.41) is 18.1. The van der Waals surface area contributed by atoms with Gasteiger partial charge >= 0.3 is 0 Å². The maximum atomic E-state index is 13.3. The summed E-state index contributed by atoms with van der Waals surface area (Å²) in [6.45, 7) is 8.20. The summed E-state index contributed by atoms with van der Waals surface area (Å²) in [5.41, 5.74) is 8.71. The van der Waals surface area contributed by atoms with Crippen LogP contribution in [0.3, 0.4) is 0 Å². The maximum Gasteiger partial charge on any atom is 0.243 e. The number of hydrogen-bond donors (Lipinski definition) is 6. The van der Waals surface area contributed by atoms with Gasteiger partial charge in [-0.2, -0.15) is 23.5 Å². The largest absolute Gasteiger partial charge is 0.393 e. The van der Waals surface area contributed by atoms with E-state index in [-0.39, 0.29) is 41.9 Å². The molecule has 4 radical (unpaired) electrons. The Hall–Kier alpha value is -1.58. The minimum Gasteiger partial charge on any atom is -0.393 e. The highest BCUT2D eigenvalue weighted by molar-refractivity contribution is 8.04. The Morgan fingerprint density at radius 3 is 1.95 bits per heavy atom. The van der Waals surface area contributed by atoms with Crippen molar-refractivity contribution in [3.05, 3.63) is 0 Å². The van der Waals surface area contributed by atoms with Gasteiger partial charge in [-0.3, -0.25) is 14.4 Å². The van der Waals surface area contributed by atoms with Crippen molar-refractivity contribution in [2.24, 2.45) is 22.8 Å². The first-order valence-corrected chi connectivity index (χ1v) is 16.5. The number of nitrogens with two attached hydrogens (primary N) is 2. The second-order valence-corrected chi connectivity index (χ2v) is 14.7. The van der Waals surface area contributed by atoms with Gasteiger partial charge in [0.15, 0.2) is 15.7 Å². The van der Waals surface area contributed by atoms with E-state index in [9.17, 15) is 29.1 Å². The normalized spacial score (nSPS) is 20.2. The van der Waals surface area contributed by atoms with Gasteiger partial charge in [-0.05, 0) is 52.4 Å². The van der Waals surface area contributed by atoms with Crippen molar-refractivity contribution in [3.8, 4) is 0 Å². The van der Waals surface area contributed by atoms with Gasteiger partial charge in [-0.15, -0.1) is 0 Å². The highest BCUT2D eigenvalue weighted by atomic mass is 32.2. The Morgan fingerprint density at radius 1 is 0.953 bits per heavy atom. The predicted octanol–water partition coefficient (Wildman–Crippen LogP) is -1.07. The fourth-order valence-corrected chi connectivity index (χ4v) is 6.79. The van der Waals surface area contributed by atoms with Gasteiger partial charge in [0, 0.05) is 22.0 Å². The summed E-state index contributed by atoms with van der Waals surface area (Å²) >= 11 is 3.04. The number of aliphatic hydroxyl groups excluding tert-OH is 1. The molecule has 0 spiro atoms. The van der Waals surface area contributed by atoms with Crippen LogP contribution in [0.25, 0.3) is 0 Å². The molecule has 16 heteroatoms. The molecule has 43 heavy (non-hydrogen) atoms. The van der Waals surface area contributed by atoms with Crippen LogP contribution in [-0.2, 0) is 28.7 Å². The van der Waals surface area contributed by atoms with Crippen LogP contribution in [0.15, 0.2) is 0 Å². The Morgan fingerprint density at radius 2 is 1.47 bits per heavy atom. The van der Waals surface area contributed by atoms with E-state index in [1.807, 2.05) is 13.8 Å². The molecule has 5 unspecified atom stereocenters. The number of thioether (sulfide) groups is 2. The number of carbonyl (C=O) groups is 5. The summed E-state index contributed by atoms with van der Waals surface area (Å²) in [4.78, 5) is 60.3. The van der Waals surface area contributed by atoms with Crippen molar-refractivity contribution >= 4 is 68.3 Å². The van der Waals surface area contributed by atoms with Gasteiger partial charge < -0.3 is 46.9 Å². The number of amides is 3. The molecule has 6 atom stereocenters. The third-order valence-electron chi connectivity index (χ3n) is 7.03. The van der Waals surface area contributed by atoms with Crippen LogP contribution in [0.1, 0.15) is 60.3 Å². The lowest BCUT2D eigenvalue weighted by molar-refractivity contribution is -0.141. The molecule has 1 saturated carbocycles. The SMILES string of the molecule is [B]C(=O)CNC(=O)C(N)CSC1CCC1SCC(NC(=O)C(C)(C)COC(C)(N)CC[C@H](O)C(C)C)C(=O)NCC([B])=O. The zero-order valence-corrected chi connectivity index (χ0v) is 27.5. The van der Waals surface area contributed by atoms with Crippen molar-refractivity contribution in [1.82, 2.24) is 16.0 Å². The van der Waals surface area contributed by atoms with E-state index in [1.54, 1.807) is 20.8 Å². The van der Waals surface area contributed by atoms with Gasteiger partial charge in [0.25, 0.3) is 0 Å². The molecule has 1 rings (SSSR count). The quantitative estimate of drug-likeness (QED) is 0.0660. The van der Waals surface area contributed by atoms with E-state index in [0.717, 1.165) is 12.8 Å². The third-order valence-corrected chi connectivity index (χ3v) is 10.3. The van der Waals surface area contributed by atoms with Gasteiger partial charge in [-0.1, -0.05) is 13.8 Å². The summed E-state index contributed by atoms with van der Waals surface area (Å²) in [7, 11) is 10.2. The highest BCUT2D eigenvalue weighted by Crippen LogP contribution is 2.40. The molecule has 1 aliphatic carbocycles. The molecule has 1 fully saturated rings. The van der Waals surface area contributed by atoms with Crippen LogP contribution in [0.4, 0.5) is 0 Å². The first-order chi connectivity index (χ1) is 19.8. The fraction of sp³-hybridized carbons (Fsp3) is 0.815. The van der Waals surface area contributed by atoms with Gasteiger partial charge in [0.2, 0.25) is 17.7 Å². The van der Waals surface area contributed by atoms with Crippen LogP contribution in [0.2, 0.25) is 0 Å². The number of nitrogens with one attached hydrogen (secondary N) is 3. The standard InChI is InChI=1S/C27H47B2N5O7S2/c1-15(2)18(35)8-9-27(5,31)41-14-26(3,4)25(40)34-17(24(39)33-11-22(29)37)13-43-20-7-6-19(20)42-12-16(30)23(38)32-10-21(28)36/h15-20,35H,6-14,30-31H2,1-5H3,(H,32,38)(H,33,39)(H,34,40)/t16?,17?,18-,19?,20?,27?/m0/s1. The second kappa shape index (κ2) is 18.4. The third kappa shape index (κ3) is 15.3. The molecular formula is C27H47B2N5O7S2. The molecule has 240 valence electrons. The highest BCUT2D eigenvalue weighted by Gasteiger charge is 2.37. The number of rotatable bonds is 21. The van der Waals surface area contributed by atoms with Crippen LogP contribution in [0.5, 0.6) is 0 Å². The molecule has 0 heterocycles. The van der Waals surface area contributed by atoms with Crippen LogP contribution in [-0.4, -0.2) is 116 Å². The van der Waals surface area contributed by atoms with Crippen LogP contribution < -0.4 is 27.4 Å². The average Bonchev–Trinajstić information content (AvgIpc) is 2.90. The van der Waals surface area contributed by atoms with E-state index >= 15 is 0 Å². The van der Waals surface area contributed by atoms with Crippen molar-refractivity contribution in [2.45, 2.75) is 94.7 Å². The zero-order valence-electron chi connectivity index (χ0n) is 25.9. The smallest absolute Gasteiger partial charge is 0.243 e. The average molecular weight is 639 g/mol. The molecule has 0 bridgehead atoms. The maximum absolute atomic E-state index is 13.3. The van der Waals surface area contributed by atoms with E-state index in [0.29, 0.717) is 18.6 Å². The Kier molecular flexibility index (Phi) is 16.9. The molecular weight excluding hydrogens is 592 g/mol. The van der Waals surface area contributed by atoms with Gasteiger partial charge in [0.1, 0.15) is 11.8 Å². The number of carbonyl (C=O) groups excluding carboxylic acids is 5. The monoisotopic (exact) mass is 639 g/mol. The van der Waals surface area contributed by atoms with Gasteiger partial charge in [0.05, 0.1) is 48.6 Å². The van der Waals surface area contributed by atoms with Crippen molar-refractivity contribution in [2.75, 3.05) is 31.2 Å². The number of ether oxygens (including phenoxy) is 1.